The second-order valence-electron chi connectivity index (χ2n) is 6.54. The third-order valence-corrected chi connectivity index (χ3v) is 6.34. The Labute approximate surface area is 179 Å². The molecule has 0 aliphatic rings. The van der Waals surface area contributed by atoms with E-state index < -0.39 is 15.9 Å². The standard InChI is InChI=1S/C20H20ClN3O3S2/c1-14-22-19(13-28-14)16-4-3-5-18(10-16)23-20(25)12-24(29(2,26)27)11-15-6-8-17(21)9-7-15/h3-10,13H,11-12H2,1-2H3,(H,23,25). The molecule has 1 aromatic heterocycles. The van der Waals surface area contributed by atoms with E-state index in [0.717, 1.165) is 32.4 Å². The number of aryl methyl sites for hydroxylation is 1. The molecule has 0 spiro atoms. The monoisotopic (exact) mass is 449 g/mol. The molecule has 0 radical (unpaired) electrons. The van der Waals surface area contributed by atoms with Crippen LogP contribution in [0.4, 0.5) is 5.69 Å². The molecule has 9 heteroatoms. The molecule has 0 aliphatic heterocycles. The summed E-state index contributed by atoms with van der Waals surface area (Å²) in [4.78, 5) is 17.0. The van der Waals surface area contributed by atoms with Crippen molar-refractivity contribution in [3.05, 3.63) is 69.5 Å². The summed E-state index contributed by atoms with van der Waals surface area (Å²) in [7, 11) is -3.58. The Kier molecular flexibility index (Phi) is 6.69. The maximum atomic E-state index is 12.5. The molecular formula is C20H20ClN3O3S2. The lowest BCUT2D eigenvalue weighted by Crippen LogP contribution is -2.36. The number of sulfonamides is 1. The van der Waals surface area contributed by atoms with Crippen molar-refractivity contribution in [2.24, 2.45) is 0 Å². The molecular weight excluding hydrogens is 430 g/mol. The van der Waals surface area contributed by atoms with Crippen LogP contribution in [0.2, 0.25) is 5.02 Å². The van der Waals surface area contributed by atoms with E-state index in [-0.39, 0.29) is 13.1 Å². The number of carbonyl (C=O) groups excluding carboxylic acids is 1. The van der Waals surface area contributed by atoms with E-state index in [1.54, 1.807) is 41.7 Å². The Morgan fingerprint density at radius 2 is 1.93 bits per heavy atom. The van der Waals surface area contributed by atoms with Gasteiger partial charge in [0, 0.05) is 28.2 Å². The van der Waals surface area contributed by atoms with Crippen LogP contribution in [0.5, 0.6) is 0 Å². The molecule has 1 heterocycles. The highest BCUT2D eigenvalue weighted by Gasteiger charge is 2.20. The van der Waals surface area contributed by atoms with Gasteiger partial charge >= 0.3 is 0 Å². The molecule has 0 unspecified atom stereocenters. The predicted octanol–water partition coefficient (Wildman–Crippen LogP) is 4.17. The summed E-state index contributed by atoms with van der Waals surface area (Å²) in [5.74, 6) is -0.420. The first-order valence-electron chi connectivity index (χ1n) is 8.73. The molecule has 0 saturated carbocycles. The van der Waals surface area contributed by atoms with Gasteiger partial charge in [-0.2, -0.15) is 4.31 Å². The first-order valence-corrected chi connectivity index (χ1v) is 11.8. The summed E-state index contributed by atoms with van der Waals surface area (Å²) in [6.45, 7) is 1.73. The zero-order valence-corrected chi connectivity index (χ0v) is 18.3. The molecule has 6 nitrogen and oxygen atoms in total. The van der Waals surface area contributed by atoms with Crippen LogP contribution in [-0.4, -0.2) is 36.4 Å². The summed E-state index contributed by atoms with van der Waals surface area (Å²) >= 11 is 7.42. The lowest BCUT2D eigenvalue weighted by Gasteiger charge is -2.19. The van der Waals surface area contributed by atoms with Crippen LogP contribution in [0, 0.1) is 6.92 Å². The SMILES string of the molecule is Cc1nc(-c2cccc(NC(=O)CN(Cc3ccc(Cl)cc3)S(C)(=O)=O)c2)cs1. The predicted molar refractivity (Wildman–Crippen MR) is 118 cm³/mol. The molecule has 0 fully saturated rings. The maximum absolute atomic E-state index is 12.5. The van der Waals surface area contributed by atoms with Crippen molar-refractivity contribution < 1.29 is 13.2 Å². The van der Waals surface area contributed by atoms with Crippen molar-refractivity contribution in [2.45, 2.75) is 13.5 Å². The van der Waals surface area contributed by atoms with Crippen molar-refractivity contribution in [3.8, 4) is 11.3 Å². The van der Waals surface area contributed by atoms with Gasteiger partial charge < -0.3 is 5.32 Å². The van der Waals surface area contributed by atoms with Crippen molar-refractivity contribution >= 4 is 44.6 Å². The molecule has 0 atom stereocenters. The van der Waals surface area contributed by atoms with E-state index in [1.165, 1.54) is 0 Å². The second kappa shape index (κ2) is 9.04. The van der Waals surface area contributed by atoms with Crippen LogP contribution in [0.15, 0.2) is 53.9 Å². The summed E-state index contributed by atoms with van der Waals surface area (Å²) < 4.78 is 25.4. The fourth-order valence-electron chi connectivity index (χ4n) is 2.70. The number of nitrogens with zero attached hydrogens (tertiary/aromatic N) is 2. The Morgan fingerprint density at radius 1 is 1.21 bits per heavy atom. The number of hydrogen-bond donors (Lipinski definition) is 1. The zero-order chi connectivity index (χ0) is 21.0. The number of amides is 1. The summed E-state index contributed by atoms with van der Waals surface area (Å²) in [5, 5.41) is 6.24. The molecule has 152 valence electrons. The van der Waals surface area contributed by atoms with Gasteiger partial charge in [-0.15, -0.1) is 11.3 Å². The highest BCUT2D eigenvalue weighted by Crippen LogP contribution is 2.24. The summed E-state index contributed by atoms with van der Waals surface area (Å²) in [6.07, 6.45) is 1.08. The minimum atomic E-state index is -3.58. The van der Waals surface area contributed by atoms with Crippen molar-refractivity contribution in [2.75, 3.05) is 18.1 Å². The average Bonchev–Trinajstić information content (AvgIpc) is 3.09. The number of halogens is 1. The van der Waals surface area contributed by atoms with Gasteiger partial charge in [-0.1, -0.05) is 35.9 Å². The number of anilines is 1. The smallest absolute Gasteiger partial charge is 0.239 e. The Bertz CT molecular complexity index is 1110. The van der Waals surface area contributed by atoms with E-state index in [9.17, 15) is 13.2 Å². The average molecular weight is 450 g/mol. The molecule has 1 amide bonds. The zero-order valence-electron chi connectivity index (χ0n) is 15.9. The van der Waals surface area contributed by atoms with E-state index in [2.05, 4.69) is 10.3 Å². The van der Waals surface area contributed by atoms with Gasteiger partial charge in [0.1, 0.15) is 0 Å². The van der Waals surface area contributed by atoms with Crippen LogP contribution >= 0.6 is 22.9 Å². The molecule has 0 bridgehead atoms. The number of aromatic nitrogens is 1. The number of thiazole rings is 1. The van der Waals surface area contributed by atoms with Crippen LogP contribution in [0.25, 0.3) is 11.3 Å². The maximum Gasteiger partial charge on any atom is 0.239 e. The molecule has 2 aromatic carbocycles. The van der Waals surface area contributed by atoms with Gasteiger partial charge in [-0.3, -0.25) is 4.79 Å². The fourth-order valence-corrected chi connectivity index (χ4v) is 4.18. The largest absolute Gasteiger partial charge is 0.325 e. The van der Waals surface area contributed by atoms with Crippen molar-refractivity contribution in [3.63, 3.8) is 0 Å². The minimum absolute atomic E-state index is 0.0849. The van der Waals surface area contributed by atoms with Gasteiger partial charge in [-0.05, 0) is 36.8 Å². The fraction of sp³-hybridized carbons (Fsp3) is 0.200. The number of benzene rings is 2. The molecule has 0 aliphatic carbocycles. The molecule has 3 aromatic rings. The Morgan fingerprint density at radius 3 is 2.55 bits per heavy atom. The molecule has 3 rings (SSSR count). The van der Waals surface area contributed by atoms with E-state index in [1.807, 2.05) is 30.5 Å². The Balaban J connectivity index is 1.71. The molecule has 29 heavy (non-hydrogen) atoms. The topological polar surface area (TPSA) is 79.4 Å². The first kappa shape index (κ1) is 21.4. The highest BCUT2D eigenvalue weighted by molar-refractivity contribution is 7.88. The molecule has 1 N–H and O–H groups in total. The van der Waals surface area contributed by atoms with E-state index in [0.29, 0.717) is 10.7 Å². The van der Waals surface area contributed by atoms with E-state index >= 15 is 0 Å². The van der Waals surface area contributed by atoms with Gasteiger partial charge in [-0.25, -0.2) is 13.4 Å². The normalized spacial score (nSPS) is 11.6. The number of hydrogen-bond acceptors (Lipinski definition) is 5. The van der Waals surface area contributed by atoms with Gasteiger partial charge in [0.05, 0.1) is 23.5 Å². The van der Waals surface area contributed by atoms with Crippen LogP contribution in [-0.2, 0) is 21.4 Å². The summed E-state index contributed by atoms with van der Waals surface area (Å²) in [6, 6.07) is 14.1. The lowest BCUT2D eigenvalue weighted by molar-refractivity contribution is -0.116. The third-order valence-electron chi connectivity index (χ3n) is 4.12. The second-order valence-corrected chi connectivity index (χ2v) is 10.0. The number of nitrogens with one attached hydrogen (secondary N) is 1. The van der Waals surface area contributed by atoms with Crippen molar-refractivity contribution in [1.82, 2.24) is 9.29 Å². The quantitative estimate of drug-likeness (QED) is 0.587. The Hall–Kier alpha value is -2.26. The first-order chi connectivity index (χ1) is 13.7. The number of carbonyl (C=O) groups is 1. The van der Waals surface area contributed by atoms with Crippen LogP contribution < -0.4 is 5.32 Å². The third kappa shape index (κ3) is 6.11. The lowest BCUT2D eigenvalue weighted by atomic mass is 10.1. The van der Waals surface area contributed by atoms with Crippen LogP contribution in [0.1, 0.15) is 10.6 Å². The minimum Gasteiger partial charge on any atom is -0.325 e. The summed E-state index contributed by atoms with van der Waals surface area (Å²) in [5.41, 5.74) is 3.05. The van der Waals surface area contributed by atoms with E-state index in [4.69, 9.17) is 11.6 Å². The molecule has 0 saturated heterocycles. The van der Waals surface area contributed by atoms with Gasteiger partial charge in [0.25, 0.3) is 0 Å². The van der Waals surface area contributed by atoms with Gasteiger partial charge in [0.15, 0.2) is 0 Å². The van der Waals surface area contributed by atoms with Gasteiger partial charge in [0.2, 0.25) is 15.9 Å². The number of rotatable bonds is 7. The van der Waals surface area contributed by atoms with Crippen LogP contribution in [0.3, 0.4) is 0 Å². The highest BCUT2D eigenvalue weighted by atomic mass is 35.5. The van der Waals surface area contributed by atoms with Crippen molar-refractivity contribution in [1.29, 1.82) is 0 Å².